The lowest BCUT2D eigenvalue weighted by atomic mass is 10.1. The lowest BCUT2D eigenvalue weighted by Crippen LogP contribution is -2.28. The van der Waals surface area contributed by atoms with Crippen molar-refractivity contribution in [2.45, 2.75) is 39.7 Å². The fourth-order valence-corrected chi connectivity index (χ4v) is 1.15. The second-order valence-corrected chi connectivity index (χ2v) is 4.88. The van der Waals surface area contributed by atoms with E-state index >= 15 is 0 Å². The molecule has 6 nitrogen and oxygen atoms in total. The normalized spacial score (nSPS) is 11.2. The number of hydrogen-bond acceptors (Lipinski definition) is 6. The highest BCUT2D eigenvalue weighted by atomic mass is 16.5. The molecule has 1 aromatic heterocycles. The van der Waals surface area contributed by atoms with Crippen molar-refractivity contribution < 1.29 is 4.74 Å². The van der Waals surface area contributed by atoms with Gasteiger partial charge in [0.1, 0.15) is 5.60 Å². The van der Waals surface area contributed by atoms with Gasteiger partial charge in [-0.2, -0.15) is 15.0 Å². The van der Waals surface area contributed by atoms with Gasteiger partial charge in [-0.1, -0.05) is 6.92 Å². The summed E-state index contributed by atoms with van der Waals surface area (Å²) < 4.78 is 5.80. The van der Waals surface area contributed by atoms with Crippen molar-refractivity contribution in [3.05, 3.63) is 0 Å². The van der Waals surface area contributed by atoms with Crippen LogP contribution in [0.2, 0.25) is 0 Å². The lowest BCUT2D eigenvalue weighted by Gasteiger charge is -2.24. The van der Waals surface area contributed by atoms with Gasteiger partial charge in [0.05, 0.1) is 0 Å². The Hall–Kier alpha value is -1.59. The summed E-state index contributed by atoms with van der Waals surface area (Å²) in [6, 6.07) is 0.358. The maximum absolute atomic E-state index is 5.80. The van der Waals surface area contributed by atoms with Crippen LogP contribution in [-0.4, -0.2) is 41.2 Å². The first kappa shape index (κ1) is 14.5. The van der Waals surface area contributed by atoms with E-state index in [1.165, 1.54) is 0 Å². The minimum absolute atomic E-state index is 0.283. The lowest BCUT2D eigenvalue weighted by molar-refractivity contribution is 0.0925. The van der Waals surface area contributed by atoms with Crippen molar-refractivity contribution in [2.75, 3.05) is 30.9 Å². The van der Waals surface area contributed by atoms with Gasteiger partial charge >= 0.3 is 6.01 Å². The molecule has 1 aromatic rings. The molecule has 0 radical (unpaired) electrons. The summed E-state index contributed by atoms with van der Waals surface area (Å²) in [5, 5.41) is 3.08. The zero-order valence-corrected chi connectivity index (χ0v) is 12.1. The number of nitrogens with one attached hydrogen (secondary N) is 1. The first-order chi connectivity index (χ1) is 8.38. The molecule has 0 aliphatic heterocycles. The predicted octanol–water partition coefficient (Wildman–Crippen LogP) is 1.94. The van der Waals surface area contributed by atoms with Crippen LogP contribution in [0, 0.1) is 0 Å². The zero-order valence-electron chi connectivity index (χ0n) is 12.1. The van der Waals surface area contributed by atoms with Crippen molar-refractivity contribution in [2.24, 2.45) is 0 Å². The number of nitrogens with zero attached hydrogens (tertiary/aromatic N) is 4. The highest BCUT2D eigenvalue weighted by Gasteiger charge is 2.20. The SMILES string of the molecule is CCNc1nc(OC(C)(C)CC)nc(N(C)C)n1. The van der Waals surface area contributed by atoms with Crippen molar-refractivity contribution in [3.63, 3.8) is 0 Å². The van der Waals surface area contributed by atoms with E-state index in [-0.39, 0.29) is 5.60 Å². The molecule has 0 saturated heterocycles. The summed E-state index contributed by atoms with van der Waals surface area (Å²) in [5.74, 6) is 1.13. The predicted molar refractivity (Wildman–Crippen MR) is 73.3 cm³/mol. The van der Waals surface area contributed by atoms with Crippen LogP contribution in [0.25, 0.3) is 0 Å². The van der Waals surface area contributed by atoms with E-state index in [4.69, 9.17) is 4.74 Å². The monoisotopic (exact) mass is 253 g/mol. The Morgan fingerprint density at radius 3 is 2.33 bits per heavy atom. The van der Waals surface area contributed by atoms with E-state index in [1.54, 1.807) is 0 Å². The Labute approximate surface area is 109 Å². The molecule has 0 saturated carbocycles. The Morgan fingerprint density at radius 1 is 1.17 bits per heavy atom. The molecule has 0 spiro atoms. The zero-order chi connectivity index (χ0) is 13.8. The van der Waals surface area contributed by atoms with E-state index in [0.717, 1.165) is 13.0 Å². The van der Waals surface area contributed by atoms with E-state index in [2.05, 4.69) is 27.2 Å². The van der Waals surface area contributed by atoms with Crippen molar-refractivity contribution >= 4 is 11.9 Å². The molecule has 0 amide bonds. The van der Waals surface area contributed by atoms with Gasteiger partial charge < -0.3 is 15.0 Å². The molecular weight excluding hydrogens is 230 g/mol. The third-order valence-corrected chi connectivity index (χ3v) is 2.56. The minimum atomic E-state index is -0.283. The van der Waals surface area contributed by atoms with E-state index in [9.17, 15) is 0 Å². The molecule has 6 heteroatoms. The second-order valence-electron chi connectivity index (χ2n) is 4.88. The third kappa shape index (κ3) is 4.01. The van der Waals surface area contributed by atoms with Gasteiger partial charge in [-0.3, -0.25) is 0 Å². The van der Waals surface area contributed by atoms with Crippen LogP contribution >= 0.6 is 0 Å². The van der Waals surface area contributed by atoms with Crippen LogP contribution in [0.15, 0.2) is 0 Å². The number of hydrogen-bond donors (Lipinski definition) is 1. The van der Waals surface area contributed by atoms with Crippen LogP contribution in [-0.2, 0) is 0 Å². The van der Waals surface area contributed by atoms with Gasteiger partial charge in [-0.25, -0.2) is 0 Å². The van der Waals surface area contributed by atoms with Gasteiger partial charge in [0.15, 0.2) is 0 Å². The molecule has 18 heavy (non-hydrogen) atoms. The quantitative estimate of drug-likeness (QED) is 0.836. The highest BCUT2D eigenvalue weighted by molar-refractivity contribution is 5.36. The molecule has 1 N–H and O–H groups in total. The summed E-state index contributed by atoms with van der Waals surface area (Å²) in [6.45, 7) is 8.85. The summed E-state index contributed by atoms with van der Waals surface area (Å²) in [5.41, 5.74) is -0.283. The molecule has 0 aliphatic carbocycles. The Bertz CT molecular complexity index is 392. The highest BCUT2D eigenvalue weighted by Crippen LogP contribution is 2.20. The van der Waals surface area contributed by atoms with Crippen molar-refractivity contribution in [1.82, 2.24) is 15.0 Å². The van der Waals surface area contributed by atoms with Crippen molar-refractivity contribution in [1.29, 1.82) is 0 Å². The molecule has 1 rings (SSSR count). The number of rotatable bonds is 6. The molecule has 0 atom stereocenters. The summed E-state index contributed by atoms with van der Waals surface area (Å²) >= 11 is 0. The van der Waals surface area contributed by atoms with Gasteiger partial charge in [-0.15, -0.1) is 0 Å². The summed E-state index contributed by atoms with van der Waals surface area (Å²) in [7, 11) is 3.78. The van der Waals surface area contributed by atoms with Crippen LogP contribution in [0.5, 0.6) is 6.01 Å². The fourth-order valence-electron chi connectivity index (χ4n) is 1.15. The van der Waals surface area contributed by atoms with Gasteiger partial charge in [0, 0.05) is 20.6 Å². The van der Waals surface area contributed by atoms with Gasteiger partial charge in [-0.05, 0) is 27.2 Å². The maximum atomic E-state index is 5.80. The topological polar surface area (TPSA) is 63.2 Å². The largest absolute Gasteiger partial charge is 0.457 e. The van der Waals surface area contributed by atoms with E-state index in [1.807, 2.05) is 39.8 Å². The molecule has 102 valence electrons. The standard InChI is InChI=1S/C12H23N5O/c1-7-12(3,4)18-11-15-9(13-8-2)14-10(16-11)17(5)6/h7-8H2,1-6H3,(H,13,14,15,16). The van der Waals surface area contributed by atoms with E-state index < -0.39 is 0 Å². The number of ether oxygens (including phenoxy) is 1. The van der Waals surface area contributed by atoms with Crippen molar-refractivity contribution in [3.8, 4) is 6.01 Å². The van der Waals surface area contributed by atoms with Crippen LogP contribution in [0.4, 0.5) is 11.9 Å². The maximum Gasteiger partial charge on any atom is 0.323 e. The van der Waals surface area contributed by atoms with E-state index in [0.29, 0.717) is 17.9 Å². The summed E-state index contributed by atoms with van der Waals surface area (Å²) in [6.07, 6.45) is 0.881. The smallest absolute Gasteiger partial charge is 0.323 e. The Morgan fingerprint density at radius 2 is 1.83 bits per heavy atom. The number of aromatic nitrogens is 3. The molecule has 0 bridgehead atoms. The third-order valence-electron chi connectivity index (χ3n) is 2.56. The minimum Gasteiger partial charge on any atom is -0.457 e. The average molecular weight is 253 g/mol. The van der Waals surface area contributed by atoms with Crippen LogP contribution in [0.1, 0.15) is 34.1 Å². The number of anilines is 2. The first-order valence-electron chi connectivity index (χ1n) is 6.24. The van der Waals surface area contributed by atoms with Crippen LogP contribution < -0.4 is 15.0 Å². The van der Waals surface area contributed by atoms with Gasteiger partial charge in [0.25, 0.3) is 0 Å². The Balaban J connectivity index is 3.03. The fraction of sp³-hybridized carbons (Fsp3) is 0.750. The molecule has 0 fully saturated rings. The Kier molecular flexibility index (Phi) is 4.69. The average Bonchev–Trinajstić information content (AvgIpc) is 2.28. The molecule has 0 aromatic carbocycles. The second kappa shape index (κ2) is 5.84. The van der Waals surface area contributed by atoms with Crippen LogP contribution in [0.3, 0.4) is 0 Å². The molecule has 1 heterocycles. The van der Waals surface area contributed by atoms with Gasteiger partial charge in [0.2, 0.25) is 11.9 Å². The molecule has 0 aliphatic rings. The molecular formula is C12H23N5O. The molecule has 0 unspecified atom stereocenters. The summed E-state index contributed by atoms with van der Waals surface area (Å²) in [4.78, 5) is 14.7. The first-order valence-corrected chi connectivity index (χ1v) is 6.24.